The molecule has 0 amide bonds. The van der Waals surface area contributed by atoms with Gasteiger partial charge in [0.15, 0.2) is 0 Å². The molecule has 0 saturated carbocycles. The minimum absolute atomic E-state index is 0. The molecular formula is C9H12ClFN2. The summed E-state index contributed by atoms with van der Waals surface area (Å²) in [6, 6.07) is 6.34. The molecule has 1 N–H and O–H groups in total. The molecule has 4 heteroatoms. The third-order valence-corrected chi connectivity index (χ3v) is 1.31. The van der Waals surface area contributed by atoms with Crippen LogP contribution in [0, 0.1) is 5.82 Å². The summed E-state index contributed by atoms with van der Waals surface area (Å²) in [5.41, 5.74) is 0.753. The van der Waals surface area contributed by atoms with Gasteiger partial charge in [-0.25, -0.2) is 9.71 Å². The zero-order valence-electron chi connectivity index (χ0n) is 7.59. The molecule has 0 unspecified atom stereocenters. The van der Waals surface area contributed by atoms with Gasteiger partial charge >= 0.3 is 0 Å². The lowest BCUT2D eigenvalue weighted by atomic mass is 10.3. The quantitative estimate of drug-likeness (QED) is 0.352. The molecule has 1 aromatic rings. The number of benzene rings is 1. The number of rotatable bonds is 2. The van der Waals surface area contributed by atoms with Crippen LogP contribution in [-0.4, -0.2) is 25.0 Å². The number of halogens is 2. The van der Waals surface area contributed by atoms with E-state index in [9.17, 15) is 4.39 Å². The summed E-state index contributed by atoms with van der Waals surface area (Å²) in [4.78, 5) is 0. The monoisotopic (exact) mass is 202 g/mol. The fraction of sp³-hybridized carbons (Fsp3) is 0.222. The van der Waals surface area contributed by atoms with Crippen LogP contribution in [0.3, 0.4) is 0 Å². The average Bonchev–Trinajstić information content (AvgIpc) is 2.01. The van der Waals surface area contributed by atoms with E-state index in [0.29, 0.717) is 0 Å². The Bertz CT molecular complexity index is 295. The minimum Gasteiger partial charge on any atom is -1.00 e. The lowest BCUT2D eigenvalue weighted by molar-refractivity contribution is -0.459. The molecule has 2 nitrogen and oxygen atoms in total. The molecule has 0 saturated heterocycles. The predicted molar refractivity (Wildman–Crippen MR) is 48.2 cm³/mol. The first-order valence-corrected chi connectivity index (χ1v) is 3.70. The highest BCUT2D eigenvalue weighted by Gasteiger charge is 1.95. The third-order valence-electron chi connectivity index (χ3n) is 1.31. The van der Waals surface area contributed by atoms with E-state index in [1.165, 1.54) is 12.1 Å². The van der Waals surface area contributed by atoms with Crippen molar-refractivity contribution in [2.45, 2.75) is 0 Å². The van der Waals surface area contributed by atoms with Gasteiger partial charge in [0.1, 0.15) is 11.5 Å². The SMILES string of the molecule is C[N+](C)=CNc1cccc(F)c1.[Cl-]. The Morgan fingerprint density at radius 1 is 1.38 bits per heavy atom. The van der Waals surface area contributed by atoms with E-state index in [1.54, 1.807) is 12.4 Å². The number of nitrogens with zero attached hydrogens (tertiary/aromatic N) is 1. The highest BCUT2D eigenvalue weighted by molar-refractivity contribution is 5.71. The molecular weight excluding hydrogens is 191 g/mol. The van der Waals surface area contributed by atoms with Crippen LogP contribution in [0.4, 0.5) is 10.1 Å². The van der Waals surface area contributed by atoms with Gasteiger partial charge in [-0.05, 0) is 12.1 Å². The van der Waals surface area contributed by atoms with Crippen molar-refractivity contribution in [1.82, 2.24) is 0 Å². The largest absolute Gasteiger partial charge is 1.00 e. The highest BCUT2D eigenvalue weighted by Crippen LogP contribution is 2.07. The number of hydrogen-bond acceptors (Lipinski definition) is 0. The summed E-state index contributed by atoms with van der Waals surface area (Å²) in [6.07, 6.45) is 1.76. The van der Waals surface area contributed by atoms with Crippen molar-refractivity contribution in [3.05, 3.63) is 30.1 Å². The first kappa shape index (κ1) is 11.9. The van der Waals surface area contributed by atoms with Gasteiger partial charge in [-0.2, -0.15) is 0 Å². The second-order valence-electron chi connectivity index (χ2n) is 2.75. The number of hydrogen-bond donors (Lipinski definition) is 1. The lowest BCUT2D eigenvalue weighted by Gasteiger charge is -1.94. The molecule has 72 valence electrons. The summed E-state index contributed by atoms with van der Waals surface area (Å²) < 4.78 is 14.5. The van der Waals surface area contributed by atoms with E-state index in [2.05, 4.69) is 5.32 Å². The van der Waals surface area contributed by atoms with E-state index < -0.39 is 0 Å². The second kappa shape index (κ2) is 5.54. The molecule has 0 aliphatic heterocycles. The van der Waals surface area contributed by atoms with E-state index in [0.717, 1.165) is 5.69 Å². The predicted octanol–water partition coefficient (Wildman–Crippen LogP) is -1.46. The summed E-state index contributed by atoms with van der Waals surface area (Å²) in [6.45, 7) is 0. The van der Waals surface area contributed by atoms with Gasteiger partial charge in [-0.1, -0.05) is 6.07 Å². The van der Waals surface area contributed by atoms with Gasteiger partial charge in [-0.3, -0.25) is 4.58 Å². The van der Waals surface area contributed by atoms with E-state index in [4.69, 9.17) is 0 Å². The highest BCUT2D eigenvalue weighted by atomic mass is 35.5. The maximum Gasteiger partial charge on any atom is 0.236 e. The Morgan fingerprint density at radius 3 is 2.62 bits per heavy atom. The Labute approximate surface area is 83.5 Å². The first-order valence-electron chi connectivity index (χ1n) is 3.70. The Hall–Kier alpha value is -1.09. The van der Waals surface area contributed by atoms with Crippen molar-refractivity contribution in [2.24, 2.45) is 0 Å². The summed E-state index contributed by atoms with van der Waals surface area (Å²) in [5.74, 6) is -0.229. The zero-order chi connectivity index (χ0) is 8.97. The summed E-state index contributed by atoms with van der Waals surface area (Å²) in [5, 5.41) is 2.95. The first-order chi connectivity index (χ1) is 5.68. The van der Waals surface area contributed by atoms with Crippen LogP contribution in [0.25, 0.3) is 0 Å². The van der Waals surface area contributed by atoms with Gasteiger partial charge in [0.05, 0.1) is 14.1 Å². The van der Waals surface area contributed by atoms with Crippen LogP contribution in [0.2, 0.25) is 0 Å². The molecule has 0 fully saturated rings. The van der Waals surface area contributed by atoms with E-state index >= 15 is 0 Å². The molecule has 13 heavy (non-hydrogen) atoms. The molecule has 0 spiro atoms. The number of anilines is 1. The maximum absolute atomic E-state index is 12.6. The fourth-order valence-electron chi connectivity index (χ4n) is 0.782. The fourth-order valence-corrected chi connectivity index (χ4v) is 0.782. The van der Waals surface area contributed by atoms with Gasteiger partial charge in [0.2, 0.25) is 6.34 Å². The van der Waals surface area contributed by atoms with E-state index in [1.807, 2.05) is 24.7 Å². The Kier molecular flexibility index (Phi) is 5.07. The van der Waals surface area contributed by atoms with Gasteiger partial charge in [0, 0.05) is 6.07 Å². The van der Waals surface area contributed by atoms with Crippen LogP contribution in [-0.2, 0) is 0 Å². The molecule has 1 aromatic carbocycles. The van der Waals surface area contributed by atoms with Crippen LogP contribution in [0.5, 0.6) is 0 Å². The summed E-state index contributed by atoms with van der Waals surface area (Å²) in [7, 11) is 3.79. The third kappa shape index (κ3) is 4.48. The minimum atomic E-state index is -0.229. The normalized spacial score (nSPS) is 8.54. The van der Waals surface area contributed by atoms with Gasteiger partial charge in [0.25, 0.3) is 0 Å². The van der Waals surface area contributed by atoms with Crippen LogP contribution in [0.15, 0.2) is 24.3 Å². The number of nitrogens with one attached hydrogen (secondary N) is 1. The van der Waals surface area contributed by atoms with Crippen LogP contribution in [0.1, 0.15) is 0 Å². The van der Waals surface area contributed by atoms with E-state index in [-0.39, 0.29) is 18.2 Å². The van der Waals surface area contributed by atoms with Crippen LogP contribution >= 0.6 is 0 Å². The van der Waals surface area contributed by atoms with Gasteiger partial charge < -0.3 is 12.4 Å². The van der Waals surface area contributed by atoms with Crippen molar-refractivity contribution in [1.29, 1.82) is 0 Å². The Balaban J connectivity index is 0.00000144. The van der Waals surface area contributed by atoms with Crippen LogP contribution < -0.4 is 17.7 Å². The molecule has 0 aliphatic rings. The van der Waals surface area contributed by atoms with Crippen molar-refractivity contribution >= 4 is 12.0 Å². The maximum atomic E-state index is 12.6. The molecule has 0 aromatic heterocycles. The van der Waals surface area contributed by atoms with Crippen molar-refractivity contribution in [2.75, 3.05) is 19.4 Å². The van der Waals surface area contributed by atoms with Crippen molar-refractivity contribution in [3.8, 4) is 0 Å². The van der Waals surface area contributed by atoms with Crippen molar-refractivity contribution in [3.63, 3.8) is 0 Å². The Morgan fingerprint density at radius 2 is 2.08 bits per heavy atom. The average molecular weight is 203 g/mol. The topological polar surface area (TPSA) is 15.0 Å². The molecule has 0 radical (unpaired) electrons. The zero-order valence-corrected chi connectivity index (χ0v) is 8.35. The second-order valence-corrected chi connectivity index (χ2v) is 2.75. The lowest BCUT2D eigenvalue weighted by Crippen LogP contribution is -3.00. The van der Waals surface area contributed by atoms with Crippen molar-refractivity contribution < 1.29 is 21.4 Å². The molecule has 1 rings (SSSR count). The summed E-state index contributed by atoms with van der Waals surface area (Å²) >= 11 is 0. The molecule has 0 bridgehead atoms. The standard InChI is InChI=1S/C9H11FN2.ClH/c1-12(2)7-11-9-5-3-4-8(10)6-9;/h3-7H,1-2H3;1H. The van der Waals surface area contributed by atoms with Gasteiger partial charge in [-0.15, -0.1) is 0 Å². The molecule has 0 aliphatic carbocycles. The molecule has 0 heterocycles. The molecule has 0 atom stereocenters. The smallest absolute Gasteiger partial charge is 0.236 e.